The first-order valence-corrected chi connectivity index (χ1v) is 5.59. The lowest BCUT2D eigenvalue weighted by molar-refractivity contribution is 0.189. The SMILES string of the molecule is O=C(O)NC1CCCCc2c1ccc(O)c2F. The topological polar surface area (TPSA) is 69.6 Å². The Balaban J connectivity index is 2.42. The highest BCUT2D eigenvalue weighted by Gasteiger charge is 2.23. The summed E-state index contributed by atoms with van der Waals surface area (Å²) in [7, 11) is 0. The average Bonchev–Trinajstić information content (AvgIpc) is 2.46. The number of halogens is 1. The largest absolute Gasteiger partial charge is 0.505 e. The predicted octanol–water partition coefficient (Wildman–Crippen LogP) is 2.57. The van der Waals surface area contributed by atoms with Crippen LogP contribution in [0.1, 0.15) is 36.4 Å². The van der Waals surface area contributed by atoms with Crippen LogP contribution in [0.25, 0.3) is 0 Å². The number of amides is 1. The predicted molar refractivity (Wildman–Crippen MR) is 59.5 cm³/mol. The summed E-state index contributed by atoms with van der Waals surface area (Å²) in [5, 5.41) is 20.5. The molecule has 0 spiro atoms. The smallest absolute Gasteiger partial charge is 0.405 e. The first-order chi connectivity index (χ1) is 8.09. The second-order valence-electron chi connectivity index (χ2n) is 4.21. The van der Waals surface area contributed by atoms with Crippen molar-refractivity contribution in [1.29, 1.82) is 0 Å². The molecule has 1 aliphatic carbocycles. The molecule has 0 fully saturated rings. The number of phenolic OH excluding ortho intramolecular Hbond substituents is 1. The zero-order valence-corrected chi connectivity index (χ0v) is 9.24. The molecule has 2 rings (SSSR count). The number of aromatic hydroxyl groups is 1. The maximum Gasteiger partial charge on any atom is 0.405 e. The summed E-state index contributed by atoms with van der Waals surface area (Å²) in [5.41, 5.74) is 1.07. The summed E-state index contributed by atoms with van der Waals surface area (Å²) in [5.74, 6) is -0.999. The summed E-state index contributed by atoms with van der Waals surface area (Å²) >= 11 is 0. The second-order valence-corrected chi connectivity index (χ2v) is 4.21. The molecule has 92 valence electrons. The number of hydrogen-bond acceptors (Lipinski definition) is 2. The third-order valence-corrected chi connectivity index (χ3v) is 3.10. The maximum absolute atomic E-state index is 13.7. The summed E-state index contributed by atoms with van der Waals surface area (Å²) in [6, 6.07) is 2.48. The van der Waals surface area contributed by atoms with Gasteiger partial charge in [0.25, 0.3) is 0 Å². The monoisotopic (exact) mass is 239 g/mol. The van der Waals surface area contributed by atoms with Crippen LogP contribution in [0, 0.1) is 5.82 Å². The fraction of sp³-hybridized carbons (Fsp3) is 0.417. The van der Waals surface area contributed by atoms with E-state index in [0.29, 0.717) is 24.0 Å². The molecule has 3 N–H and O–H groups in total. The van der Waals surface area contributed by atoms with Crippen LogP contribution in [-0.2, 0) is 6.42 Å². The molecule has 0 radical (unpaired) electrons. The Kier molecular flexibility index (Phi) is 3.17. The van der Waals surface area contributed by atoms with Crippen molar-refractivity contribution in [3.05, 3.63) is 29.1 Å². The first kappa shape index (κ1) is 11.7. The van der Waals surface area contributed by atoms with E-state index in [0.717, 1.165) is 12.8 Å². The van der Waals surface area contributed by atoms with Crippen LogP contribution in [0.3, 0.4) is 0 Å². The quantitative estimate of drug-likeness (QED) is 0.660. The van der Waals surface area contributed by atoms with Gasteiger partial charge in [0.1, 0.15) is 0 Å². The molecule has 1 aromatic carbocycles. The molecule has 5 heteroatoms. The van der Waals surface area contributed by atoms with E-state index >= 15 is 0 Å². The molecule has 17 heavy (non-hydrogen) atoms. The third-order valence-electron chi connectivity index (χ3n) is 3.10. The van der Waals surface area contributed by atoms with E-state index < -0.39 is 11.9 Å². The fourth-order valence-corrected chi connectivity index (χ4v) is 2.31. The van der Waals surface area contributed by atoms with Gasteiger partial charge < -0.3 is 15.5 Å². The van der Waals surface area contributed by atoms with E-state index in [2.05, 4.69) is 5.32 Å². The van der Waals surface area contributed by atoms with Crippen molar-refractivity contribution in [2.24, 2.45) is 0 Å². The lowest BCUT2D eigenvalue weighted by atomic mass is 9.98. The first-order valence-electron chi connectivity index (χ1n) is 5.59. The van der Waals surface area contributed by atoms with Gasteiger partial charge in [-0.05, 0) is 36.5 Å². The molecule has 1 atom stereocenters. The van der Waals surface area contributed by atoms with Gasteiger partial charge in [-0.3, -0.25) is 0 Å². The number of carbonyl (C=O) groups is 1. The minimum Gasteiger partial charge on any atom is -0.505 e. The Morgan fingerprint density at radius 2 is 2.18 bits per heavy atom. The van der Waals surface area contributed by atoms with E-state index in [-0.39, 0.29) is 11.8 Å². The van der Waals surface area contributed by atoms with Gasteiger partial charge in [0.15, 0.2) is 11.6 Å². The molecular formula is C12H14FNO3. The Morgan fingerprint density at radius 1 is 1.41 bits per heavy atom. The highest BCUT2D eigenvalue weighted by Crippen LogP contribution is 2.33. The molecule has 0 heterocycles. The van der Waals surface area contributed by atoms with E-state index in [1.165, 1.54) is 6.07 Å². The number of fused-ring (bicyclic) bond motifs is 1. The fourth-order valence-electron chi connectivity index (χ4n) is 2.31. The van der Waals surface area contributed by atoms with Crippen LogP contribution in [0.5, 0.6) is 5.75 Å². The maximum atomic E-state index is 13.7. The van der Waals surface area contributed by atoms with Gasteiger partial charge >= 0.3 is 6.09 Å². The van der Waals surface area contributed by atoms with Gasteiger partial charge in [0.05, 0.1) is 6.04 Å². The third kappa shape index (κ3) is 2.33. The number of rotatable bonds is 1. The van der Waals surface area contributed by atoms with Gasteiger partial charge in [-0.15, -0.1) is 0 Å². The standard InChI is InChI=1S/C12H14FNO3/c13-11-8-3-1-2-4-9(14-12(16)17)7(8)5-6-10(11)15/h5-6,9,14-15H,1-4H2,(H,16,17). The van der Waals surface area contributed by atoms with E-state index in [1.54, 1.807) is 6.07 Å². The molecule has 0 bridgehead atoms. The molecule has 0 aliphatic heterocycles. The molecule has 0 saturated carbocycles. The Bertz CT molecular complexity index is 448. The van der Waals surface area contributed by atoms with Gasteiger partial charge in [-0.1, -0.05) is 12.5 Å². The summed E-state index contributed by atoms with van der Waals surface area (Å²) < 4.78 is 13.7. The van der Waals surface area contributed by atoms with Crippen LogP contribution in [0.4, 0.5) is 9.18 Å². The highest BCUT2D eigenvalue weighted by molar-refractivity contribution is 5.65. The number of benzene rings is 1. The van der Waals surface area contributed by atoms with E-state index in [1.807, 2.05) is 0 Å². The minimum atomic E-state index is -1.11. The van der Waals surface area contributed by atoms with Crippen LogP contribution in [0.15, 0.2) is 12.1 Å². The zero-order chi connectivity index (χ0) is 12.4. The Hall–Kier alpha value is -1.78. The van der Waals surface area contributed by atoms with Crippen molar-refractivity contribution in [1.82, 2.24) is 5.32 Å². The summed E-state index contributed by atoms with van der Waals surface area (Å²) in [6.45, 7) is 0. The zero-order valence-electron chi connectivity index (χ0n) is 9.24. The summed E-state index contributed by atoms with van der Waals surface area (Å²) in [4.78, 5) is 10.7. The molecule has 4 nitrogen and oxygen atoms in total. The highest BCUT2D eigenvalue weighted by atomic mass is 19.1. The lowest BCUT2D eigenvalue weighted by Gasteiger charge is -2.18. The lowest BCUT2D eigenvalue weighted by Crippen LogP contribution is -2.27. The van der Waals surface area contributed by atoms with Crippen LogP contribution >= 0.6 is 0 Å². The van der Waals surface area contributed by atoms with Crippen molar-refractivity contribution in [2.75, 3.05) is 0 Å². The number of hydrogen-bond donors (Lipinski definition) is 3. The Labute approximate surface area is 98.1 Å². The van der Waals surface area contributed by atoms with Gasteiger partial charge in [0, 0.05) is 0 Å². The number of phenols is 1. The molecule has 0 saturated heterocycles. The molecular weight excluding hydrogens is 225 g/mol. The molecule has 1 unspecified atom stereocenters. The molecule has 1 aliphatic rings. The number of carboxylic acid groups (broad SMARTS) is 1. The van der Waals surface area contributed by atoms with Gasteiger partial charge in [-0.25, -0.2) is 9.18 Å². The number of nitrogens with one attached hydrogen (secondary N) is 1. The van der Waals surface area contributed by atoms with Crippen molar-refractivity contribution >= 4 is 6.09 Å². The van der Waals surface area contributed by atoms with Crippen LogP contribution in [-0.4, -0.2) is 16.3 Å². The van der Waals surface area contributed by atoms with Crippen molar-refractivity contribution < 1.29 is 19.4 Å². The summed E-state index contributed by atoms with van der Waals surface area (Å²) in [6.07, 6.45) is 1.71. The minimum absolute atomic E-state index is 0.375. The Morgan fingerprint density at radius 3 is 2.88 bits per heavy atom. The van der Waals surface area contributed by atoms with E-state index in [4.69, 9.17) is 5.11 Å². The molecule has 1 aromatic rings. The normalized spacial score (nSPS) is 19.2. The van der Waals surface area contributed by atoms with E-state index in [9.17, 15) is 14.3 Å². The van der Waals surface area contributed by atoms with Crippen LogP contribution < -0.4 is 5.32 Å². The second kappa shape index (κ2) is 4.61. The molecule has 0 aromatic heterocycles. The van der Waals surface area contributed by atoms with Crippen molar-refractivity contribution in [2.45, 2.75) is 31.7 Å². The molecule has 1 amide bonds. The van der Waals surface area contributed by atoms with Gasteiger partial charge in [0.2, 0.25) is 0 Å². The average molecular weight is 239 g/mol. The van der Waals surface area contributed by atoms with Crippen molar-refractivity contribution in [3.8, 4) is 5.75 Å². The van der Waals surface area contributed by atoms with Gasteiger partial charge in [-0.2, -0.15) is 0 Å². The van der Waals surface area contributed by atoms with Crippen molar-refractivity contribution in [3.63, 3.8) is 0 Å². The van der Waals surface area contributed by atoms with Crippen LogP contribution in [0.2, 0.25) is 0 Å².